The van der Waals surface area contributed by atoms with Gasteiger partial charge in [-0.15, -0.1) is 0 Å². The van der Waals surface area contributed by atoms with Crippen molar-refractivity contribution < 1.29 is 27.5 Å². The Bertz CT molecular complexity index is 1400. The number of nitrogens with zero attached hydrogens (tertiary/aromatic N) is 4. The van der Waals surface area contributed by atoms with Gasteiger partial charge in [0.2, 0.25) is 0 Å². The van der Waals surface area contributed by atoms with Gasteiger partial charge < -0.3 is 14.5 Å². The minimum atomic E-state index is -2.73. The average Bonchev–Trinajstić information content (AvgIpc) is 3.25. The van der Waals surface area contributed by atoms with Crippen molar-refractivity contribution in [1.29, 1.82) is 0 Å². The molecule has 0 aliphatic carbocycles. The molecule has 40 heavy (non-hydrogen) atoms. The van der Waals surface area contributed by atoms with Crippen LogP contribution in [-0.2, 0) is 11.8 Å². The van der Waals surface area contributed by atoms with E-state index in [4.69, 9.17) is 4.74 Å². The minimum Gasteiger partial charge on any atom is -0.444 e. The molecule has 7 nitrogen and oxygen atoms in total. The second-order valence-corrected chi connectivity index (χ2v) is 11.7. The SMILES string of the molecule is CC(C)N(CC(F)F)C(=O)c1cc(F)ccc1-c1cc(C2CCCN(C(=O)OC(C)(C)C)C2)cc2c1cnn2C. The predicted molar refractivity (Wildman–Crippen MR) is 148 cm³/mol. The van der Waals surface area contributed by atoms with Crippen LogP contribution < -0.4 is 0 Å². The Balaban J connectivity index is 1.80. The Morgan fingerprint density at radius 3 is 2.52 bits per heavy atom. The standard InChI is InChI=1S/C30H37F3N4O3/c1-18(2)37(17-27(32)33)28(38)24-14-21(31)9-10-22(24)23-12-20(13-26-25(23)15-34-35(26)6)19-8-7-11-36(16-19)29(39)40-30(3,4)5/h9-10,12-15,18-19,27H,7-8,11,16-17H2,1-6H3. The van der Waals surface area contributed by atoms with Crippen molar-refractivity contribution in [3.05, 3.63) is 53.5 Å². The summed E-state index contributed by atoms with van der Waals surface area (Å²) in [6.07, 6.45) is 0.223. The molecule has 1 fully saturated rings. The molecule has 1 aromatic heterocycles. The summed E-state index contributed by atoms with van der Waals surface area (Å²) in [5.74, 6) is -1.31. The molecule has 0 saturated carbocycles. The van der Waals surface area contributed by atoms with Crippen molar-refractivity contribution in [3.8, 4) is 11.1 Å². The number of fused-ring (bicyclic) bond motifs is 1. The number of halogens is 3. The van der Waals surface area contributed by atoms with E-state index in [-0.39, 0.29) is 17.6 Å². The van der Waals surface area contributed by atoms with E-state index in [9.17, 15) is 22.8 Å². The monoisotopic (exact) mass is 558 g/mol. The summed E-state index contributed by atoms with van der Waals surface area (Å²) >= 11 is 0. The highest BCUT2D eigenvalue weighted by Crippen LogP contribution is 2.37. The minimum absolute atomic E-state index is 0.00934. The number of carbonyl (C=O) groups excluding carboxylic acids is 2. The van der Waals surface area contributed by atoms with Gasteiger partial charge in [-0.1, -0.05) is 6.07 Å². The topological polar surface area (TPSA) is 67.7 Å². The summed E-state index contributed by atoms with van der Waals surface area (Å²) in [7, 11) is 1.81. The number of aromatic nitrogens is 2. The van der Waals surface area contributed by atoms with E-state index in [1.165, 1.54) is 12.1 Å². The Morgan fingerprint density at radius 2 is 1.88 bits per heavy atom. The van der Waals surface area contributed by atoms with Gasteiger partial charge in [-0.2, -0.15) is 5.10 Å². The maximum atomic E-state index is 14.5. The third kappa shape index (κ3) is 6.42. The van der Waals surface area contributed by atoms with Crippen LogP contribution >= 0.6 is 0 Å². The zero-order valence-electron chi connectivity index (χ0n) is 23.9. The molecule has 0 N–H and O–H groups in total. The lowest BCUT2D eigenvalue weighted by Crippen LogP contribution is -2.42. The molecule has 1 unspecified atom stereocenters. The van der Waals surface area contributed by atoms with Crippen LogP contribution in [0.25, 0.3) is 22.0 Å². The quantitative estimate of drug-likeness (QED) is 0.342. The summed E-state index contributed by atoms with van der Waals surface area (Å²) in [5.41, 5.74) is 2.24. The number of benzene rings is 2. The van der Waals surface area contributed by atoms with E-state index >= 15 is 0 Å². The lowest BCUT2D eigenvalue weighted by molar-refractivity contribution is 0.0198. The van der Waals surface area contributed by atoms with Crippen LogP contribution in [0.5, 0.6) is 0 Å². The normalized spacial score (nSPS) is 16.2. The Morgan fingerprint density at radius 1 is 1.15 bits per heavy atom. The molecule has 0 bridgehead atoms. The highest BCUT2D eigenvalue weighted by atomic mass is 19.3. The van der Waals surface area contributed by atoms with Crippen molar-refractivity contribution in [1.82, 2.24) is 19.6 Å². The number of hydrogen-bond donors (Lipinski definition) is 0. The molecule has 0 radical (unpaired) electrons. The fraction of sp³-hybridized carbons (Fsp3) is 0.500. The molecular weight excluding hydrogens is 521 g/mol. The van der Waals surface area contributed by atoms with Crippen molar-refractivity contribution >= 4 is 22.9 Å². The van der Waals surface area contributed by atoms with Crippen LogP contribution in [0, 0.1) is 5.82 Å². The molecular formula is C30H37F3N4O3. The zero-order chi connectivity index (χ0) is 29.4. The number of likely N-dealkylation sites (tertiary alicyclic amines) is 1. The Hall–Kier alpha value is -3.56. The summed E-state index contributed by atoms with van der Waals surface area (Å²) in [6, 6.07) is 7.35. The molecule has 2 aromatic carbocycles. The molecule has 3 aromatic rings. The first-order valence-electron chi connectivity index (χ1n) is 13.6. The molecule has 1 saturated heterocycles. The largest absolute Gasteiger partial charge is 0.444 e. The summed E-state index contributed by atoms with van der Waals surface area (Å²) < 4.78 is 48.5. The molecule has 10 heteroatoms. The first-order chi connectivity index (χ1) is 18.7. The van der Waals surface area contributed by atoms with Crippen LogP contribution in [0.3, 0.4) is 0 Å². The van der Waals surface area contributed by atoms with Gasteiger partial charge >= 0.3 is 6.09 Å². The van der Waals surface area contributed by atoms with Gasteiger partial charge in [0.1, 0.15) is 11.4 Å². The lowest BCUT2D eigenvalue weighted by atomic mass is 9.86. The molecule has 216 valence electrons. The van der Waals surface area contributed by atoms with Crippen LogP contribution in [-0.4, -0.2) is 69.3 Å². The molecule has 0 spiro atoms. The first-order valence-corrected chi connectivity index (χ1v) is 13.6. The molecule has 2 heterocycles. The van der Waals surface area contributed by atoms with Crippen molar-refractivity contribution in [2.24, 2.45) is 7.05 Å². The van der Waals surface area contributed by atoms with Crippen LogP contribution in [0.15, 0.2) is 36.5 Å². The summed E-state index contributed by atoms with van der Waals surface area (Å²) in [4.78, 5) is 29.2. The van der Waals surface area contributed by atoms with Crippen molar-refractivity contribution in [2.45, 2.75) is 71.4 Å². The smallest absolute Gasteiger partial charge is 0.410 e. The predicted octanol–water partition coefficient (Wildman–Crippen LogP) is 6.61. The van der Waals surface area contributed by atoms with E-state index in [0.29, 0.717) is 24.2 Å². The molecule has 1 aliphatic heterocycles. The van der Waals surface area contributed by atoms with E-state index < -0.39 is 36.3 Å². The Labute approximate surface area is 232 Å². The average molecular weight is 559 g/mol. The number of aryl methyl sites for hydroxylation is 1. The van der Waals surface area contributed by atoms with Crippen molar-refractivity contribution in [2.75, 3.05) is 19.6 Å². The van der Waals surface area contributed by atoms with E-state index in [2.05, 4.69) is 5.10 Å². The summed E-state index contributed by atoms with van der Waals surface area (Å²) in [5, 5.41) is 5.16. The fourth-order valence-corrected chi connectivity index (χ4v) is 5.23. The maximum absolute atomic E-state index is 14.5. The van der Waals surface area contributed by atoms with Crippen LogP contribution in [0.4, 0.5) is 18.0 Å². The third-order valence-electron chi connectivity index (χ3n) is 7.15. The third-order valence-corrected chi connectivity index (χ3v) is 7.15. The maximum Gasteiger partial charge on any atom is 0.410 e. The summed E-state index contributed by atoms with van der Waals surface area (Å²) in [6.45, 7) is 9.10. The fourth-order valence-electron chi connectivity index (χ4n) is 5.23. The number of alkyl halides is 2. The molecule has 4 rings (SSSR count). The van der Waals surface area contributed by atoms with Gasteiger partial charge in [0.25, 0.3) is 12.3 Å². The van der Waals surface area contributed by atoms with Gasteiger partial charge in [-0.05, 0) is 88.4 Å². The highest BCUT2D eigenvalue weighted by Gasteiger charge is 2.30. The van der Waals surface area contributed by atoms with Crippen molar-refractivity contribution in [3.63, 3.8) is 0 Å². The second-order valence-electron chi connectivity index (χ2n) is 11.7. The highest BCUT2D eigenvalue weighted by molar-refractivity contribution is 6.05. The van der Waals surface area contributed by atoms with E-state index in [0.717, 1.165) is 40.3 Å². The number of hydrogen-bond acceptors (Lipinski definition) is 4. The van der Waals surface area contributed by atoms with Gasteiger partial charge in [-0.3, -0.25) is 9.48 Å². The van der Waals surface area contributed by atoms with Crippen LogP contribution in [0.2, 0.25) is 0 Å². The lowest BCUT2D eigenvalue weighted by Gasteiger charge is -2.34. The van der Waals surface area contributed by atoms with E-state index in [1.54, 1.807) is 29.6 Å². The number of piperidine rings is 1. The zero-order valence-corrected chi connectivity index (χ0v) is 23.9. The number of ether oxygens (including phenoxy) is 1. The second kappa shape index (κ2) is 11.5. The number of rotatable bonds is 6. The molecule has 1 atom stereocenters. The van der Waals surface area contributed by atoms with Gasteiger partial charge in [0, 0.05) is 37.5 Å². The first kappa shape index (κ1) is 29.4. The van der Waals surface area contributed by atoms with Gasteiger partial charge in [-0.25, -0.2) is 18.0 Å². The van der Waals surface area contributed by atoms with E-state index in [1.807, 2.05) is 40.0 Å². The van der Waals surface area contributed by atoms with Crippen LogP contribution in [0.1, 0.15) is 69.3 Å². The number of carbonyl (C=O) groups is 2. The molecule has 2 amide bonds. The molecule has 1 aliphatic rings. The number of amides is 2. The Kier molecular flexibility index (Phi) is 8.46. The van der Waals surface area contributed by atoms with Gasteiger partial charge in [0.05, 0.1) is 23.8 Å². The van der Waals surface area contributed by atoms with Gasteiger partial charge in [0.15, 0.2) is 0 Å².